The van der Waals surface area contributed by atoms with Crippen molar-refractivity contribution in [3.8, 4) is 0 Å². The number of rotatable bonds is 5. The van der Waals surface area contributed by atoms with E-state index in [-0.39, 0.29) is 11.2 Å². The van der Waals surface area contributed by atoms with Crippen molar-refractivity contribution in [2.24, 2.45) is 5.92 Å². The van der Waals surface area contributed by atoms with Crippen LogP contribution in [0.3, 0.4) is 0 Å². The number of nitrogens with one attached hydrogen (secondary N) is 1. The second-order valence-corrected chi connectivity index (χ2v) is 10.0. The van der Waals surface area contributed by atoms with Crippen molar-refractivity contribution in [3.63, 3.8) is 0 Å². The van der Waals surface area contributed by atoms with Gasteiger partial charge in [-0.2, -0.15) is 4.58 Å². The zero-order valence-electron chi connectivity index (χ0n) is 19.2. The first-order chi connectivity index (χ1) is 15.3. The molecular weight excluding hydrogens is 396 g/mol. The topological polar surface area (TPSA) is 56.1 Å². The van der Waals surface area contributed by atoms with Crippen LogP contribution in [-0.4, -0.2) is 38.8 Å². The third kappa shape index (κ3) is 3.08. The monoisotopic (exact) mass is 427 g/mol. The highest BCUT2D eigenvalue weighted by molar-refractivity contribution is 6.16. The van der Waals surface area contributed by atoms with Crippen LogP contribution in [0.2, 0.25) is 0 Å². The van der Waals surface area contributed by atoms with E-state index in [1.54, 1.807) is 0 Å². The average Bonchev–Trinajstić information content (AvgIpc) is 3.28. The SMILES string of the molecule is CC(C)CC[N+]1=C(C=C2C(=O)C(c3c[nH]c4ccccc34)C2O)C(C)(C)c2ccccc21. The number of hydrogen-bond acceptors (Lipinski definition) is 2. The number of ketones is 1. The normalized spacial score (nSPS) is 23.3. The second-order valence-electron chi connectivity index (χ2n) is 10.0. The Morgan fingerprint density at radius 3 is 2.59 bits per heavy atom. The Kier molecular flexibility index (Phi) is 4.94. The number of Topliss-reactive ketones (excluding diaryl/α,β-unsaturated/α-hetero) is 1. The summed E-state index contributed by atoms with van der Waals surface area (Å²) < 4.78 is 2.35. The summed E-state index contributed by atoms with van der Waals surface area (Å²) in [6, 6.07) is 16.4. The summed E-state index contributed by atoms with van der Waals surface area (Å²) in [5, 5.41) is 12.1. The number of aromatic nitrogens is 1. The van der Waals surface area contributed by atoms with E-state index in [9.17, 15) is 9.90 Å². The maximum atomic E-state index is 13.3. The maximum absolute atomic E-state index is 13.3. The van der Waals surface area contributed by atoms with E-state index >= 15 is 0 Å². The molecule has 164 valence electrons. The molecule has 2 N–H and O–H groups in total. The van der Waals surface area contributed by atoms with Gasteiger partial charge in [-0.15, -0.1) is 0 Å². The molecule has 2 heterocycles. The van der Waals surface area contributed by atoms with Gasteiger partial charge in [-0.05, 0) is 31.4 Å². The number of aliphatic hydroxyl groups excluding tert-OH is 1. The summed E-state index contributed by atoms with van der Waals surface area (Å²) >= 11 is 0. The van der Waals surface area contributed by atoms with Gasteiger partial charge in [-0.1, -0.05) is 50.2 Å². The lowest BCUT2D eigenvalue weighted by atomic mass is 9.69. The number of fused-ring (bicyclic) bond motifs is 2. The number of carbonyl (C=O) groups is 1. The molecule has 0 radical (unpaired) electrons. The van der Waals surface area contributed by atoms with Crippen molar-refractivity contribution in [2.75, 3.05) is 6.54 Å². The number of para-hydroxylation sites is 2. The van der Waals surface area contributed by atoms with Gasteiger partial charge in [-0.3, -0.25) is 4.79 Å². The Labute approximate surface area is 189 Å². The molecule has 32 heavy (non-hydrogen) atoms. The molecule has 0 spiro atoms. The van der Waals surface area contributed by atoms with Crippen molar-refractivity contribution in [1.29, 1.82) is 0 Å². The van der Waals surface area contributed by atoms with Crippen LogP contribution in [0.4, 0.5) is 5.69 Å². The van der Waals surface area contributed by atoms with E-state index in [4.69, 9.17) is 0 Å². The van der Waals surface area contributed by atoms with Gasteiger partial charge in [0.05, 0.1) is 17.4 Å². The van der Waals surface area contributed by atoms with Gasteiger partial charge in [0, 0.05) is 46.8 Å². The molecule has 2 atom stereocenters. The molecule has 1 aromatic heterocycles. The molecule has 2 unspecified atom stereocenters. The molecule has 1 aliphatic carbocycles. The van der Waals surface area contributed by atoms with E-state index < -0.39 is 12.0 Å². The van der Waals surface area contributed by atoms with Crippen molar-refractivity contribution in [1.82, 2.24) is 4.98 Å². The highest BCUT2D eigenvalue weighted by Crippen LogP contribution is 2.44. The Hall–Kier alpha value is -2.98. The molecule has 0 bridgehead atoms. The minimum Gasteiger partial charge on any atom is -0.387 e. The summed E-state index contributed by atoms with van der Waals surface area (Å²) in [6.07, 6.45) is 4.11. The van der Waals surface area contributed by atoms with Gasteiger partial charge >= 0.3 is 0 Å². The number of aliphatic hydroxyl groups is 1. The van der Waals surface area contributed by atoms with Crippen LogP contribution in [0.1, 0.15) is 51.2 Å². The molecule has 0 saturated heterocycles. The fraction of sp³-hybridized carbons (Fsp3) is 0.357. The summed E-state index contributed by atoms with van der Waals surface area (Å²) in [6.45, 7) is 9.78. The van der Waals surface area contributed by atoms with Crippen molar-refractivity contribution in [2.45, 2.75) is 51.6 Å². The first-order valence-electron chi connectivity index (χ1n) is 11.5. The Bertz CT molecular complexity index is 1280. The van der Waals surface area contributed by atoms with E-state index in [0.29, 0.717) is 11.5 Å². The number of hydrogen-bond donors (Lipinski definition) is 2. The van der Waals surface area contributed by atoms with Gasteiger partial charge in [0.25, 0.3) is 0 Å². The lowest BCUT2D eigenvalue weighted by molar-refractivity contribution is -0.439. The number of aromatic amines is 1. The Morgan fingerprint density at radius 2 is 1.84 bits per heavy atom. The minimum absolute atomic E-state index is 0.0188. The van der Waals surface area contributed by atoms with E-state index in [1.807, 2.05) is 36.5 Å². The molecule has 2 aromatic carbocycles. The Balaban J connectivity index is 1.54. The average molecular weight is 428 g/mol. The first kappa shape index (κ1) is 20.9. The number of carbonyl (C=O) groups excluding carboxylic acids is 1. The number of allylic oxidation sites excluding steroid dienone is 1. The van der Waals surface area contributed by atoms with E-state index in [2.05, 4.69) is 61.5 Å². The van der Waals surface area contributed by atoms with Crippen LogP contribution in [0.5, 0.6) is 0 Å². The fourth-order valence-corrected chi connectivity index (χ4v) is 5.25. The Morgan fingerprint density at radius 1 is 1.12 bits per heavy atom. The lowest BCUT2D eigenvalue weighted by Crippen LogP contribution is -2.44. The molecular formula is C28H31N2O2+. The molecule has 4 nitrogen and oxygen atoms in total. The van der Waals surface area contributed by atoms with Crippen LogP contribution in [0, 0.1) is 5.92 Å². The summed E-state index contributed by atoms with van der Waals surface area (Å²) in [5.74, 6) is 0.0984. The summed E-state index contributed by atoms with van der Waals surface area (Å²) in [4.78, 5) is 16.5. The zero-order valence-corrected chi connectivity index (χ0v) is 19.2. The maximum Gasteiger partial charge on any atom is 0.209 e. The number of H-pyrrole nitrogens is 1. The van der Waals surface area contributed by atoms with Gasteiger partial charge in [-0.25, -0.2) is 0 Å². The van der Waals surface area contributed by atoms with Crippen LogP contribution < -0.4 is 0 Å². The number of nitrogens with zero attached hydrogens (tertiary/aromatic N) is 1. The van der Waals surface area contributed by atoms with Crippen molar-refractivity contribution in [3.05, 3.63) is 77.5 Å². The zero-order chi connectivity index (χ0) is 22.6. The van der Waals surface area contributed by atoms with Crippen LogP contribution in [0.25, 0.3) is 10.9 Å². The third-order valence-corrected chi connectivity index (χ3v) is 7.18. The summed E-state index contributed by atoms with van der Waals surface area (Å²) in [7, 11) is 0. The molecule has 3 aromatic rings. The van der Waals surface area contributed by atoms with Gasteiger partial charge in [0.2, 0.25) is 5.69 Å². The molecule has 1 saturated carbocycles. The minimum atomic E-state index is -0.791. The van der Waals surface area contributed by atoms with Crippen molar-refractivity contribution >= 4 is 28.1 Å². The highest BCUT2D eigenvalue weighted by Gasteiger charge is 2.50. The molecule has 1 fully saturated rings. The quantitative estimate of drug-likeness (QED) is 0.432. The smallest absolute Gasteiger partial charge is 0.209 e. The largest absolute Gasteiger partial charge is 0.387 e. The first-order valence-corrected chi connectivity index (χ1v) is 11.5. The van der Waals surface area contributed by atoms with Crippen LogP contribution in [-0.2, 0) is 10.2 Å². The van der Waals surface area contributed by atoms with Gasteiger partial charge in [0.15, 0.2) is 11.5 Å². The molecule has 0 amide bonds. The molecule has 2 aliphatic rings. The van der Waals surface area contributed by atoms with E-state index in [0.717, 1.165) is 35.1 Å². The predicted molar refractivity (Wildman–Crippen MR) is 129 cm³/mol. The molecule has 1 aliphatic heterocycles. The van der Waals surface area contributed by atoms with Crippen molar-refractivity contribution < 1.29 is 14.5 Å². The number of benzene rings is 2. The van der Waals surface area contributed by atoms with Gasteiger partial charge in [0.1, 0.15) is 6.54 Å². The standard InChI is InChI=1S/C28H30N2O2/c1-17(2)13-14-30-23-12-8-6-10-21(23)28(3,4)24(30)15-19-26(31)25(27(19)32)20-16-29-22-11-7-5-9-18(20)22/h5-12,15-17,25-26,31H,13-14H2,1-4H3/p+1. The third-order valence-electron chi connectivity index (χ3n) is 7.18. The fourth-order valence-electron chi connectivity index (χ4n) is 5.25. The van der Waals surface area contributed by atoms with Crippen LogP contribution >= 0.6 is 0 Å². The second kappa shape index (κ2) is 7.56. The van der Waals surface area contributed by atoms with Gasteiger partial charge < -0.3 is 10.1 Å². The molecule has 5 rings (SSSR count). The highest BCUT2D eigenvalue weighted by atomic mass is 16.3. The summed E-state index contributed by atoms with van der Waals surface area (Å²) in [5.41, 5.74) is 5.73. The molecule has 4 heteroatoms. The van der Waals surface area contributed by atoms with Crippen LogP contribution in [0.15, 0.2) is 66.4 Å². The predicted octanol–water partition coefficient (Wildman–Crippen LogP) is 5.24. The lowest BCUT2D eigenvalue weighted by Gasteiger charge is -2.34. The van der Waals surface area contributed by atoms with E-state index in [1.165, 1.54) is 11.3 Å².